The molecule has 0 bridgehead atoms. The quantitative estimate of drug-likeness (QED) is 0.620. The summed E-state index contributed by atoms with van der Waals surface area (Å²) in [7, 11) is 1.59. The van der Waals surface area contributed by atoms with Gasteiger partial charge in [-0.25, -0.2) is 0 Å². The Morgan fingerprint density at radius 2 is 1.81 bits per heavy atom. The predicted molar refractivity (Wildman–Crippen MR) is 138 cm³/mol. The predicted octanol–water partition coefficient (Wildman–Crippen LogP) is 2.27. The Kier molecular flexibility index (Phi) is 7.32. The van der Waals surface area contributed by atoms with Gasteiger partial charge in [0.25, 0.3) is 11.8 Å². The average molecular weight is 507 g/mol. The lowest BCUT2D eigenvalue weighted by Crippen LogP contribution is -2.57. The highest BCUT2D eigenvalue weighted by Gasteiger charge is 2.54. The molecule has 37 heavy (non-hydrogen) atoms. The summed E-state index contributed by atoms with van der Waals surface area (Å²) in [5.41, 5.74) is 0.749. The number of ether oxygens (including phenoxy) is 2. The highest BCUT2D eigenvalue weighted by molar-refractivity contribution is 5.97. The van der Waals surface area contributed by atoms with Crippen molar-refractivity contribution in [3.05, 3.63) is 60.2 Å². The molecule has 0 aliphatic carbocycles. The van der Waals surface area contributed by atoms with E-state index in [1.807, 2.05) is 30.3 Å². The third-order valence-electron chi connectivity index (χ3n) is 7.68. The molecule has 1 spiro atoms. The normalized spacial score (nSPS) is 20.9. The van der Waals surface area contributed by atoms with E-state index in [1.165, 1.54) is 0 Å². The zero-order chi connectivity index (χ0) is 25.8. The first-order valence-corrected chi connectivity index (χ1v) is 12.9. The number of hydrogen-bond acceptors (Lipinski definition) is 6. The zero-order valence-corrected chi connectivity index (χ0v) is 21.2. The second-order valence-electron chi connectivity index (χ2n) is 9.90. The Morgan fingerprint density at radius 3 is 2.46 bits per heavy atom. The van der Waals surface area contributed by atoms with E-state index in [2.05, 4.69) is 10.2 Å². The Morgan fingerprint density at radius 1 is 1.08 bits per heavy atom. The van der Waals surface area contributed by atoms with Crippen LogP contribution in [0.2, 0.25) is 0 Å². The highest BCUT2D eigenvalue weighted by Crippen LogP contribution is 2.39. The van der Waals surface area contributed by atoms with Crippen LogP contribution in [-0.2, 0) is 14.3 Å². The minimum atomic E-state index is -0.785. The Hall–Kier alpha value is -3.59. The van der Waals surface area contributed by atoms with Gasteiger partial charge < -0.3 is 29.5 Å². The first kappa shape index (κ1) is 25.1. The minimum absolute atomic E-state index is 0.00509. The fourth-order valence-electron chi connectivity index (χ4n) is 5.58. The number of methoxy groups -OCH3 is 1. The second-order valence-corrected chi connectivity index (χ2v) is 9.90. The number of nitrogens with zero attached hydrogens (tertiary/aromatic N) is 3. The molecule has 1 N–H and O–H groups in total. The fourth-order valence-corrected chi connectivity index (χ4v) is 5.58. The third-order valence-corrected chi connectivity index (χ3v) is 7.68. The first-order valence-electron chi connectivity index (χ1n) is 12.9. The van der Waals surface area contributed by atoms with Gasteiger partial charge in [0, 0.05) is 37.5 Å². The van der Waals surface area contributed by atoms with Gasteiger partial charge in [-0.1, -0.05) is 18.2 Å². The molecule has 3 saturated heterocycles. The molecule has 3 heterocycles. The highest BCUT2D eigenvalue weighted by atomic mass is 16.5. The summed E-state index contributed by atoms with van der Waals surface area (Å²) >= 11 is 0. The molecule has 0 radical (unpaired) electrons. The lowest BCUT2D eigenvalue weighted by atomic mass is 9.85. The molecular formula is C28H34N4O5. The van der Waals surface area contributed by atoms with Crippen LogP contribution >= 0.6 is 0 Å². The zero-order valence-electron chi connectivity index (χ0n) is 21.2. The summed E-state index contributed by atoms with van der Waals surface area (Å²) in [6.45, 7) is 2.46. The topological polar surface area (TPSA) is 91.4 Å². The van der Waals surface area contributed by atoms with Crippen LogP contribution in [0.15, 0.2) is 54.6 Å². The third kappa shape index (κ3) is 5.13. The smallest absolute Gasteiger partial charge is 0.253 e. The van der Waals surface area contributed by atoms with Crippen LogP contribution in [0, 0.1) is 0 Å². The SMILES string of the molecule is COc1ccc(C(=O)N2CCC3(CC2)C(=O)N(CC(=O)NCC2CCCO2)CN3c2ccccc2)cc1. The molecule has 196 valence electrons. The Labute approximate surface area is 217 Å². The van der Waals surface area contributed by atoms with Crippen LogP contribution < -0.4 is 15.0 Å². The van der Waals surface area contributed by atoms with Gasteiger partial charge in [-0.05, 0) is 62.1 Å². The molecule has 2 aromatic rings. The van der Waals surface area contributed by atoms with Crippen molar-refractivity contribution < 1.29 is 23.9 Å². The molecular weight excluding hydrogens is 472 g/mol. The van der Waals surface area contributed by atoms with Crippen molar-refractivity contribution in [2.45, 2.75) is 37.3 Å². The Balaban J connectivity index is 1.28. The van der Waals surface area contributed by atoms with E-state index in [4.69, 9.17) is 9.47 Å². The summed E-state index contributed by atoms with van der Waals surface area (Å²) in [5.74, 6) is 0.407. The number of carbonyl (C=O) groups excluding carboxylic acids is 3. The van der Waals surface area contributed by atoms with Crippen LogP contribution in [0.1, 0.15) is 36.0 Å². The standard InChI is InChI=1S/C28H34N4O5/c1-36-23-11-9-21(10-12-23)26(34)30-15-13-28(14-16-30)27(35)31(20-32(28)22-6-3-2-4-7-22)19-25(33)29-18-24-8-5-17-37-24/h2-4,6-7,9-12,24H,5,8,13-20H2,1H3,(H,29,33). The number of rotatable bonds is 7. The summed E-state index contributed by atoms with van der Waals surface area (Å²) in [4.78, 5) is 45.3. The van der Waals surface area contributed by atoms with E-state index in [0.717, 1.165) is 25.1 Å². The van der Waals surface area contributed by atoms with E-state index >= 15 is 0 Å². The number of piperidine rings is 1. The van der Waals surface area contributed by atoms with Crippen molar-refractivity contribution in [3.63, 3.8) is 0 Å². The van der Waals surface area contributed by atoms with E-state index in [9.17, 15) is 14.4 Å². The van der Waals surface area contributed by atoms with Crippen molar-refractivity contribution in [2.75, 3.05) is 51.5 Å². The van der Waals surface area contributed by atoms with Crippen molar-refractivity contribution in [1.29, 1.82) is 0 Å². The Bertz CT molecular complexity index is 1110. The van der Waals surface area contributed by atoms with Crippen LogP contribution in [0.3, 0.4) is 0 Å². The number of amides is 3. The maximum Gasteiger partial charge on any atom is 0.253 e. The molecule has 1 atom stereocenters. The molecule has 5 rings (SSSR count). The van der Waals surface area contributed by atoms with Gasteiger partial charge in [-0.2, -0.15) is 0 Å². The van der Waals surface area contributed by atoms with Gasteiger partial charge in [-0.3, -0.25) is 14.4 Å². The summed E-state index contributed by atoms with van der Waals surface area (Å²) < 4.78 is 10.8. The molecule has 9 nitrogen and oxygen atoms in total. The molecule has 0 saturated carbocycles. The van der Waals surface area contributed by atoms with E-state index < -0.39 is 5.54 Å². The van der Waals surface area contributed by atoms with Gasteiger partial charge >= 0.3 is 0 Å². The molecule has 0 aromatic heterocycles. The van der Waals surface area contributed by atoms with Gasteiger partial charge in [-0.15, -0.1) is 0 Å². The fraction of sp³-hybridized carbons (Fsp3) is 0.464. The number of anilines is 1. The molecule has 3 aliphatic heterocycles. The first-order chi connectivity index (χ1) is 18.0. The largest absolute Gasteiger partial charge is 0.497 e. The van der Waals surface area contributed by atoms with Crippen LogP contribution in [0.4, 0.5) is 5.69 Å². The van der Waals surface area contributed by atoms with Gasteiger partial charge in [0.15, 0.2) is 0 Å². The lowest BCUT2D eigenvalue weighted by Gasteiger charge is -2.43. The van der Waals surface area contributed by atoms with Gasteiger partial charge in [0.2, 0.25) is 5.91 Å². The number of para-hydroxylation sites is 1. The van der Waals surface area contributed by atoms with Crippen molar-refractivity contribution in [3.8, 4) is 5.75 Å². The maximum atomic E-state index is 13.8. The number of hydrogen-bond donors (Lipinski definition) is 1. The summed E-state index contributed by atoms with van der Waals surface area (Å²) in [6.07, 6.45) is 3.00. The molecule has 2 aromatic carbocycles. The molecule has 3 aliphatic rings. The van der Waals surface area contributed by atoms with Gasteiger partial charge in [0.1, 0.15) is 17.8 Å². The maximum absolute atomic E-state index is 13.8. The second kappa shape index (κ2) is 10.8. The number of nitrogens with one attached hydrogen (secondary N) is 1. The van der Waals surface area contributed by atoms with Crippen LogP contribution in [0.25, 0.3) is 0 Å². The van der Waals surface area contributed by atoms with Crippen molar-refractivity contribution >= 4 is 23.4 Å². The minimum Gasteiger partial charge on any atom is -0.497 e. The molecule has 9 heteroatoms. The molecule has 3 amide bonds. The lowest BCUT2D eigenvalue weighted by molar-refractivity contribution is -0.137. The van der Waals surface area contributed by atoms with E-state index in [0.29, 0.717) is 50.5 Å². The number of benzene rings is 2. The average Bonchev–Trinajstić information content (AvgIpc) is 3.56. The molecule has 1 unspecified atom stereocenters. The molecule has 3 fully saturated rings. The summed E-state index contributed by atoms with van der Waals surface area (Å²) in [6, 6.07) is 16.9. The van der Waals surface area contributed by atoms with E-state index in [1.54, 1.807) is 41.2 Å². The number of carbonyl (C=O) groups is 3. The monoisotopic (exact) mass is 506 g/mol. The summed E-state index contributed by atoms with van der Waals surface area (Å²) in [5, 5.41) is 2.93. The van der Waals surface area contributed by atoms with Crippen LogP contribution in [0.5, 0.6) is 5.75 Å². The van der Waals surface area contributed by atoms with Crippen molar-refractivity contribution in [2.24, 2.45) is 0 Å². The van der Waals surface area contributed by atoms with Crippen molar-refractivity contribution in [1.82, 2.24) is 15.1 Å². The van der Waals surface area contributed by atoms with Gasteiger partial charge in [0.05, 0.1) is 19.9 Å². The number of likely N-dealkylation sites (tertiary alicyclic amines) is 1. The van der Waals surface area contributed by atoms with E-state index in [-0.39, 0.29) is 30.4 Å². The van der Waals surface area contributed by atoms with Crippen LogP contribution in [-0.4, -0.2) is 85.7 Å².